The molecule has 4 atom stereocenters. The second-order valence-electron chi connectivity index (χ2n) is 5.73. The highest BCUT2D eigenvalue weighted by Gasteiger charge is 2.48. The Hall–Kier alpha value is -1.56. The van der Waals surface area contributed by atoms with Crippen molar-refractivity contribution in [1.29, 1.82) is 0 Å². The van der Waals surface area contributed by atoms with Gasteiger partial charge in [-0.15, -0.1) is 0 Å². The summed E-state index contributed by atoms with van der Waals surface area (Å²) in [6.07, 6.45) is 1.04. The molecule has 3 rings (SSSR count). The molecule has 5 heteroatoms. The number of hydrogen-bond acceptors (Lipinski definition) is 5. The molecule has 0 amide bonds. The number of ether oxygens (including phenoxy) is 1. The van der Waals surface area contributed by atoms with Crippen molar-refractivity contribution in [3.8, 4) is 0 Å². The molecule has 2 aliphatic heterocycles. The molecule has 4 unspecified atom stereocenters. The minimum absolute atomic E-state index is 0.159. The van der Waals surface area contributed by atoms with Gasteiger partial charge in [0, 0.05) is 0 Å². The summed E-state index contributed by atoms with van der Waals surface area (Å²) in [5, 5.41) is 3.14. The summed E-state index contributed by atoms with van der Waals surface area (Å²) in [6, 6.07) is 8.52. The summed E-state index contributed by atoms with van der Waals surface area (Å²) in [4.78, 5) is 24.7. The van der Waals surface area contributed by atoms with Crippen LogP contribution in [0.2, 0.25) is 0 Å². The number of ketones is 2. The van der Waals surface area contributed by atoms with E-state index < -0.39 is 12.1 Å². The van der Waals surface area contributed by atoms with E-state index in [0.29, 0.717) is 6.42 Å². The van der Waals surface area contributed by atoms with Gasteiger partial charge in [0.2, 0.25) is 0 Å². The van der Waals surface area contributed by atoms with Gasteiger partial charge in [-0.2, -0.15) is 0 Å². The first kappa shape index (κ1) is 14.4. The van der Waals surface area contributed by atoms with Gasteiger partial charge in [0.1, 0.15) is 0 Å². The third kappa shape index (κ3) is 2.90. The van der Waals surface area contributed by atoms with Crippen molar-refractivity contribution < 1.29 is 14.3 Å². The predicted molar refractivity (Wildman–Crippen MR) is 77.8 cm³/mol. The minimum Gasteiger partial charge on any atom is -0.357 e. The average Bonchev–Trinajstić information content (AvgIpc) is 2.85. The fourth-order valence-electron chi connectivity index (χ4n) is 3.06. The lowest BCUT2D eigenvalue weighted by Gasteiger charge is -2.23. The van der Waals surface area contributed by atoms with E-state index in [-0.39, 0.29) is 23.7 Å². The van der Waals surface area contributed by atoms with Crippen LogP contribution < -0.4 is 11.1 Å². The zero-order valence-electron chi connectivity index (χ0n) is 11.8. The second kappa shape index (κ2) is 6.05. The molecule has 1 aromatic carbocycles. The fourth-order valence-corrected chi connectivity index (χ4v) is 3.06. The highest BCUT2D eigenvalue weighted by atomic mass is 16.5. The van der Waals surface area contributed by atoms with E-state index >= 15 is 0 Å². The molecule has 1 aromatic rings. The molecule has 0 aliphatic carbocycles. The molecule has 2 fully saturated rings. The molecule has 0 radical (unpaired) electrons. The van der Waals surface area contributed by atoms with E-state index in [2.05, 4.69) is 5.32 Å². The van der Waals surface area contributed by atoms with Crippen molar-refractivity contribution in [2.75, 3.05) is 6.54 Å². The SMILES string of the molecule is NC(Cc1ccccc1)C(=O)C1OC2CCCNC2C1=O. The van der Waals surface area contributed by atoms with Crippen molar-refractivity contribution in [1.82, 2.24) is 5.32 Å². The zero-order chi connectivity index (χ0) is 14.8. The number of Topliss-reactive ketones (excluding diaryl/α,β-unsaturated/α-hetero) is 2. The normalized spacial score (nSPS) is 30.0. The number of rotatable bonds is 4. The molecule has 2 saturated heterocycles. The topological polar surface area (TPSA) is 81.4 Å². The van der Waals surface area contributed by atoms with E-state index in [0.717, 1.165) is 24.9 Å². The third-order valence-corrected chi connectivity index (χ3v) is 4.20. The molecule has 2 aliphatic rings. The Kier molecular flexibility index (Phi) is 4.14. The van der Waals surface area contributed by atoms with Crippen LogP contribution in [-0.4, -0.2) is 42.4 Å². The van der Waals surface area contributed by atoms with Crippen LogP contribution in [0.1, 0.15) is 18.4 Å². The molecule has 0 aromatic heterocycles. The van der Waals surface area contributed by atoms with Crippen LogP contribution in [0, 0.1) is 0 Å². The molecule has 5 nitrogen and oxygen atoms in total. The minimum atomic E-state index is -0.996. The number of nitrogens with one attached hydrogen (secondary N) is 1. The molecule has 3 N–H and O–H groups in total. The third-order valence-electron chi connectivity index (χ3n) is 4.20. The number of hydrogen-bond donors (Lipinski definition) is 2. The number of nitrogens with two attached hydrogens (primary N) is 1. The second-order valence-corrected chi connectivity index (χ2v) is 5.73. The van der Waals surface area contributed by atoms with Gasteiger partial charge in [-0.25, -0.2) is 0 Å². The number of carbonyl (C=O) groups excluding carboxylic acids is 2. The average molecular weight is 288 g/mol. The molecule has 0 bridgehead atoms. The molecule has 2 heterocycles. The maximum Gasteiger partial charge on any atom is 0.188 e. The van der Waals surface area contributed by atoms with Gasteiger partial charge in [0.15, 0.2) is 17.7 Å². The number of benzene rings is 1. The number of carbonyl (C=O) groups is 2. The highest BCUT2D eigenvalue weighted by Crippen LogP contribution is 2.25. The van der Waals surface area contributed by atoms with Crippen LogP contribution >= 0.6 is 0 Å². The first-order valence-electron chi connectivity index (χ1n) is 7.42. The Morgan fingerprint density at radius 3 is 2.86 bits per heavy atom. The highest BCUT2D eigenvalue weighted by molar-refractivity contribution is 6.11. The Balaban J connectivity index is 1.66. The van der Waals surface area contributed by atoms with Crippen LogP contribution in [0.25, 0.3) is 0 Å². The monoisotopic (exact) mass is 288 g/mol. The maximum atomic E-state index is 12.4. The Labute approximate surface area is 123 Å². The summed E-state index contributed by atoms with van der Waals surface area (Å²) >= 11 is 0. The standard InChI is InChI=1S/C16H20N2O3/c17-11(9-10-5-2-1-3-6-10)14(19)16-15(20)13-12(21-16)7-4-8-18-13/h1-3,5-6,11-13,16,18H,4,7-9,17H2. The fraction of sp³-hybridized carbons (Fsp3) is 0.500. The van der Waals surface area contributed by atoms with Gasteiger partial charge in [-0.3, -0.25) is 9.59 Å². The van der Waals surface area contributed by atoms with E-state index in [1.54, 1.807) is 0 Å². The lowest BCUT2D eigenvalue weighted by molar-refractivity contribution is -0.138. The van der Waals surface area contributed by atoms with Gasteiger partial charge < -0.3 is 15.8 Å². The van der Waals surface area contributed by atoms with Crippen LogP contribution in [-0.2, 0) is 20.7 Å². The van der Waals surface area contributed by atoms with Gasteiger partial charge >= 0.3 is 0 Å². The van der Waals surface area contributed by atoms with Crippen molar-refractivity contribution in [3.63, 3.8) is 0 Å². The summed E-state index contributed by atoms with van der Waals surface area (Å²) in [7, 11) is 0. The van der Waals surface area contributed by atoms with Gasteiger partial charge in [-0.05, 0) is 31.4 Å². The lowest BCUT2D eigenvalue weighted by atomic mass is 9.94. The van der Waals surface area contributed by atoms with Crippen LogP contribution in [0.15, 0.2) is 30.3 Å². The Bertz CT molecular complexity index is 532. The van der Waals surface area contributed by atoms with Crippen molar-refractivity contribution >= 4 is 11.6 Å². The first-order valence-corrected chi connectivity index (χ1v) is 7.42. The Morgan fingerprint density at radius 1 is 1.38 bits per heavy atom. The van der Waals surface area contributed by atoms with E-state index in [9.17, 15) is 9.59 Å². The van der Waals surface area contributed by atoms with Crippen LogP contribution in [0.5, 0.6) is 0 Å². The van der Waals surface area contributed by atoms with Crippen molar-refractivity contribution in [2.24, 2.45) is 5.73 Å². The Morgan fingerprint density at radius 2 is 2.14 bits per heavy atom. The zero-order valence-corrected chi connectivity index (χ0v) is 11.8. The van der Waals surface area contributed by atoms with Gasteiger partial charge in [0.05, 0.1) is 18.2 Å². The lowest BCUT2D eigenvalue weighted by Crippen LogP contribution is -2.48. The smallest absolute Gasteiger partial charge is 0.188 e. The van der Waals surface area contributed by atoms with Crippen LogP contribution in [0.4, 0.5) is 0 Å². The molecule has 0 spiro atoms. The van der Waals surface area contributed by atoms with E-state index in [1.165, 1.54) is 0 Å². The number of fused-ring (bicyclic) bond motifs is 1. The van der Waals surface area contributed by atoms with Gasteiger partial charge in [0.25, 0.3) is 0 Å². The quantitative estimate of drug-likeness (QED) is 0.774. The molecule has 21 heavy (non-hydrogen) atoms. The summed E-state index contributed by atoms with van der Waals surface area (Å²) in [6.45, 7) is 0.799. The summed E-state index contributed by atoms with van der Waals surface area (Å²) < 4.78 is 5.66. The first-order chi connectivity index (χ1) is 10.2. The van der Waals surface area contributed by atoms with Crippen molar-refractivity contribution in [2.45, 2.75) is 43.6 Å². The maximum absolute atomic E-state index is 12.4. The predicted octanol–water partition coefficient (Wildman–Crippen LogP) is 0.214. The van der Waals surface area contributed by atoms with E-state index in [4.69, 9.17) is 10.5 Å². The van der Waals surface area contributed by atoms with Gasteiger partial charge in [-0.1, -0.05) is 30.3 Å². The molecular formula is C16H20N2O3. The molecule has 0 saturated carbocycles. The van der Waals surface area contributed by atoms with Crippen LogP contribution in [0.3, 0.4) is 0 Å². The molecular weight excluding hydrogens is 268 g/mol. The van der Waals surface area contributed by atoms with E-state index in [1.807, 2.05) is 30.3 Å². The largest absolute Gasteiger partial charge is 0.357 e. The summed E-state index contributed by atoms with van der Waals surface area (Å²) in [5.74, 6) is -0.465. The molecule has 112 valence electrons. The summed E-state index contributed by atoms with van der Waals surface area (Å²) in [5.41, 5.74) is 6.96. The van der Waals surface area contributed by atoms with Crippen molar-refractivity contribution in [3.05, 3.63) is 35.9 Å². The number of piperidine rings is 1.